The number of cyclic esters (lactones) is 1. The van der Waals surface area contributed by atoms with Gasteiger partial charge in [0.25, 0.3) is 0 Å². The van der Waals surface area contributed by atoms with Gasteiger partial charge in [-0.3, -0.25) is 9.69 Å². The van der Waals surface area contributed by atoms with Gasteiger partial charge in [-0.2, -0.15) is 0 Å². The van der Waals surface area contributed by atoms with Gasteiger partial charge in [0, 0.05) is 24.7 Å². The number of amides is 2. The van der Waals surface area contributed by atoms with Gasteiger partial charge in [-0.25, -0.2) is 9.69 Å². The fourth-order valence-corrected chi connectivity index (χ4v) is 4.59. The highest BCUT2D eigenvalue weighted by atomic mass is 16.6. The number of nitrogens with zero attached hydrogens (tertiary/aromatic N) is 2. The molecule has 2 amide bonds. The fourth-order valence-electron chi connectivity index (χ4n) is 4.59. The largest absolute Gasteiger partial charge is 0.497 e. The molecule has 2 aromatic carbocycles. The van der Waals surface area contributed by atoms with E-state index in [2.05, 4.69) is 4.90 Å². The van der Waals surface area contributed by atoms with Crippen LogP contribution in [0.4, 0.5) is 4.79 Å². The lowest BCUT2D eigenvalue weighted by Gasteiger charge is -2.34. The Kier molecular flexibility index (Phi) is 6.95. The van der Waals surface area contributed by atoms with E-state index in [0.29, 0.717) is 19.5 Å². The molecular weight excluding hydrogens is 408 g/mol. The van der Waals surface area contributed by atoms with Crippen LogP contribution in [-0.2, 0) is 22.5 Å². The van der Waals surface area contributed by atoms with Gasteiger partial charge in [-0.15, -0.1) is 0 Å². The number of carbonyl (C=O) groups is 2. The van der Waals surface area contributed by atoms with E-state index in [1.54, 1.807) is 14.2 Å². The topological polar surface area (TPSA) is 68.3 Å². The van der Waals surface area contributed by atoms with Gasteiger partial charge in [-0.05, 0) is 37.4 Å². The molecule has 4 rings (SSSR count). The summed E-state index contributed by atoms with van der Waals surface area (Å²) in [6, 6.07) is 15.4. The van der Waals surface area contributed by atoms with E-state index in [1.807, 2.05) is 48.5 Å². The summed E-state index contributed by atoms with van der Waals surface area (Å²) in [5, 5.41) is 0. The van der Waals surface area contributed by atoms with Crippen LogP contribution in [0.1, 0.15) is 24.0 Å². The quantitative estimate of drug-likeness (QED) is 0.659. The van der Waals surface area contributed by atoms with Crippen molar-refractivity contribution >= 4 is 12.0 Å². The van der Waals surface area contributed by atoms with Crippen molar-refractivity contribution in [3.05, 3.63) is 59.7 Å². The zero-order valence-corrected chi connectivity index (χ0v) is 18.7. The second-order valence-electron chi connectivity index (χ2n) is 8.38. The molecule has 2 heterocycles. The first kappa shape index (κ1) is 22.1. The Morgan fingerprint density at radius 3 is 2.69 bits per heavy atom. The van der Waals surface area contributed by atoms with Gasteiger partial charge >= 0.3 is 6.09 Å². The van der Waals surface area contributed by atoms with Crippen LogP contribution in [0.15, 0.2) is 48.5 Å². The molecule has 0 bridgehead atoms. The van der Waals surface area contributed by atoms with Gasteiger partial charge in [-0.1, -0.05) is 36.4 Å². The van der Waals surface area contributed by atoms with Crippen LogP contribution in [0.5, 0.6) is 11.5 Å². The number of carbonyl (C=O) groups excluding carboxylic acids is 2. The second kappa shape index (κ2) is 10.0. The van der Waals surface area contributed by atoms with Gasteiger partial charge in [0.15, 0.2) is 0 Å². The van der Waals surface area contributed by atoms with Crippen LogP contribution in [0.25, 0.3) is 0 Å². The maximum atomic E-state index is 13.4. The molecule has 7 heteroatoms. The summed E-state index contributed by atoms with van der Waals surface area (Å²) >= 11 is 0. The fraction of sp³-hybridized carbons (Fsp3) is 0.440. The average molecular weight is 439 g/mol. The molecular formula is C25H30N2O5. The molecule has 2 atom stereocenters. The summed E-state index contributed by atoms with van der Waals surface area (Å²) < 4.78 is 16.1. The third kappa shape index (κ3) is 4.88. The molecule has 2 aliphatic heterocycles. The van der Waals surface area contributed by atoms with Crippen LogP contribution in [0, 0.1) is 5.92 Å². The summed E-state index contributed by atoms with van der Waals surface area (Å²) in [4.78, 5) is 29.4. The highest BCUT2D eigenvalue weighted by Gasteiger charge is 2.41. The number of rotatable bonds is 7. The summed E-state index contributed by atoms with van der Waals surface area (Å²) in [5.41, 5.74) is 2.13. The van der Waals surface area contributed by atoms with E-state index < -0.39 is 6.09 Å². The standard InChI is InChI=1S/C25H30N2O5/c1-30-22-11-10-19(23(14-22)31-2)15-26-12-6-9-20(16-26)24(28)27-21(17-32-25(27)29)13-18-7-4-3-5-8-18/h3-5,7-8,10-11,14,20-21H,6,9,12-13,15-17H2,1-2H3/t20?,21-/m1/s1. The normalized spacial score (nSPS) is 21.3. The number of hydrogen-bond acceptors (Lipinski definition) is 6. The van der Waals surface area contributed by atoms with Crippen LogP contribution in [0.3, 0.4) is 0 Å². The lowest BCUT2D eigenvalue weighted by atomic mass is 9.95. The molecule has 2 saturated heterocycles. The molecule has 2 aromatic rings. The van der Waals surface area contributed by atoms with Crippen molar-refractivity contribution in [3.63, 3.8) is 0 Å². The zero-order valence-electron chi connectivity index (χ0n) is 18.7. The predicted molar refractivity (Wildman–Crippen MR) is 120 cm³/mol. The maximum Gasteiger partial charge on any atom is 0.416 e. The first-order valence-electron chi connectivity index (χ1n) is 11.1. The number of hydrogen-bond donors (Lipinski definition) is 0. The third-order valence-corrected chi connectivity index (χ3v) is 6.26. The van der Waals surface area contributed by atoms with Crippen LogP contribution in [-0.4, -0.2) is 61.8 Å². The smallest absolute Gasteiger partial charge is 0.416 e. The Balaban J connectivity index is 1.43. The molecule has 170 valence electrons. The Hall–Kier alpha value is -3.06. The van der Waals surface area contributed by atoms with Crippen LogP contribution < -0.4 is 9.47 Å². The maximum absolute atomic E-state index is 13.4. The van der Waals surface area contributed by atoms with Crippen molar-refractivity contribution in [2.45, 2.75) is 31.8 Å². The summed E-state index contributed by atoms with van der Waals surface area (Å²) in [5.74, 6) is 1.16. The molecule has 2 aliphatic rings. The molecule has 32 heavy (non-hydrogen) atoms. The first-order chi connectivity index (χ1) is 15.6. The number of methoxy groups -OCH3 is 2. The van der Waals surface area contributed by atoms with Crippen LogP contribution >= 0.6 is 0 Å². The van der Waals surface area contributed by atoms with Crippen molar-refractivity contribution in [1.29, 1.82) is 0 Å². The van der Waals surface area contributed by atoms with E-state index in [0.717, 1.165) is 42.0 Å². The molecule has 0 aromatic heterocycles. The highest BCUT2D eigenvalue weighted by Crippen LogP contribution is 2.29. The van der Waals surface area contributed by atoms with Gasteiger partial charge in [0.2, 0.25) is 5.91 Å². The molecule has 0 radical (unpaired) electrons. The van der Waals surface area contributed by atoms with Crippen LogP contribution in [0.2, 0.25) is 0 Å². The third-order valence-electron chi connectivity index (χ3n) is 6.26. The van der Waals surface area contributed by atoms with Crippen molar-refractivity contribution in [3.8, 4) is 11.5 Å². The van der Waals surface area contributed by atoms with Crippen molar-refractivity contribution in [1.82, 2.24) is 9.80 Å². The summed E-state index contributed by atoms with van der Waals surface area (Å²) in [6.45, 7) is 2.43. The minimum Gasteiger partial charge on any atom is -0.497 e. The monoisotopic (exact) mass is 438 g/mol. The minimum atomic E-state index is -0.523. The average Bonchev–Trinajstić information content (AvgIpc) is 3.19. The predicted octanol–water partition coefficient (Wildman–Crippen LogP) is 3.51. The number of benzene rings is 2. The Morgan fingerprint density at radius 1 is 1.12 bits per heavy atom. The first-order valence-corrected chi connectivity index (χ1v) is 11.1. The minimum absolute atomic E-state index is 0.125. The van der Waals surface area contributed by atoms with Gasteiger partial charge < -0.3 is 14.2 Å². The summed E-state index contributed by atoms with van der Waals surface area (Å²) in [6.07, 6.45) is 1.76. The number of imide groups is 1. The molecule has 2 fully saturated rings. The Bertz CT molecular complexity index is 949. The highest BCUT2D eigenvalue weighted by molar-refractivity contribution is 5.95. The number of ether oxygens (including phenoxy) is 3. The van der Waals surface area contributed by atoms with Crippen molar-refractivity contribution in [2.24, 2.45) is 5.92 Å². The Labute approximate surface area is 188 Å². The van der Waals surface area contributed by atoms with Crippen molar-refractivity contribution < 1.29 is 23.8 Å². The molecule has 7 nitrogen and oxygen atoms in total. The van der Waals surface area contributed by atoms with E-state index >= 15 is 0 Å². The SMILES string of the molecule is COc1ccc(CN2CCCC(C(=O)N3C(=O)OC[C@H]3Cc3ccccc3)C2)c(OC)c1. The lowest BCUT2D eigenvalue weighted by molar-refractivity contribution is -0.135. The van der Waals surface area contributed by atoms with E-state index in [1.165, 1.54) is 4.90 Å². The number of piperidine rings is 1. The lowest BCUT2D eigenvalue weighted by Crippen LogP contribution is -2.48. The molecule has 1 unspecified atom stereocenters. The van der Waals surface area contributed by atoms with Gasteiger partial charge in [0.1, 0.15) is 18.1 Å². The molecule has 0 aliphatic carbocycles. The molecule has 0 N–H and O–H groups in total. The zero-order chi connectivity index (χ0) is 22.5. The molecule has 0 saturated carbocycles. The molecule has 0 spiro atoms. The van der Waals surface area contributed by atoms with E-state index in [-0.39, 0.29) is 24.5 Å². The van der Waals surface area contributed by atoms with E-state index in [9.17, 15) is 9.59 Å². The number of likely N-dealkylation sites (tertiary alicyclic amines) is 1. The second-order valence-corrected chi connectivity index (χ2v) is 8.38. The van der Waals surface area contributed by atoms with Gasteiger partial charge in [0.05, 0.1) is 26.2 Å². The van der Waals surface area contributed by atoms with E-state index in [4.69, 9.17) is 14.2 Å². The Morgan fingerprint density at radius 2 is 1.94 bits per heavy atom. The van der Waals surface area contributed by atoms with Crippen molar-refractivity contribution in [2.75, 3.05) is 33.9 Å². The summed E-state index contributed by atoms with van der Waals surface area (Å²) in [7, 11) is 3.27.